The molecule has 0 aliphatic rings. The van der Waals surface area contributed by atoms with E-state index in [9.17, 15) is 4.79 Å². The van der Waals surface area contributed by atoms with Crippen LogP contribution in [0.25, 0.3) is 22.0 Å². The molecule has 5 heteroatoms. The van der Waals surface area contributed by atoms with Gasteiger partial charge in [-0.05, 0) is 29.7 Å². The summed E-state index contributed by atoms with van der Waals surface area (Å²) in [4.78, 5) is 11.4. The second-order valence-electron chi connectivity index (χ2n) is 4.84. The van der Waals surface area contributed by atoms with Crippen LogP contribution in [-0.4, -0.2) is 16.1 Å². The van der Waals surface area contributed by atoms with E-state index in [0.717, 1.165) is 16.7 Å². The van der Waals surface area contributed by atoms with Gasteiger partial charge in [0.1, 0.15) is 0 Å². The monoisotopic (exact) mass is 278 g/mol. The zero-order valence-corrected chi connectivity index (χ0v) is 11.5. The number of rotatable bonds is 2. The van der Waals surface area contributed by atoms with E-state index in [0.29, 0.717) is 10.9 Å². The molecule has 0 radical (unpaired) electrons. The summed E-state index contributed by atoms with van der Waals surface area (Å²) in [6.07, 6.45) is 0. The minimum absolute atomic E-state index is 0.00489. The number of hydrogen-bond donors (Lipinski definition) is 2. The largest absolute Gasteiger partial charge is 0.396 e. The van der Waals surface area contributed by atoms with Crippen LogP contribution in [0.5, 0.6) is 0 Å². The Morgan fingerprint density at radius 1 is 1.05 bits per heavy atom. The van der Waals surface area contributed by atoms with Crippen LogP contribution in [0.2, 0.25) is 0 Å². The minimum atomic E-state index is -0.678. The molecule has 3 rings (SSSR count). The summed E-state index contributed by atoms with van der Waals surface area (Å²) in [5.41, 5.74) is 15.4. The maximum atomic E-state index is 11.4. The maximum Gasteiger partial charge on any atom is 0.271 e. The number of nitrogens with two attached hydrogens (primary N) is 2. The smallest absolute Gasteiger partial charge is 0.271 e. The van der Waals surface area contributed by atoms with E-state index in [1.54, 1.807) is 0 Å². The highest BCUT2D eigenvalue weighted by atomic mass is 16.1. The van der Waals surface area contributed by atoms with Gasteiger partial charge in [-0.2, -0.15) is 0 Å². The Morgan fingerprint density at radius 2 is 1.76 bits per heavy atom. The van der Waals surface area contributed by atoms with Crippen LogP contribution < -0.4 is 11.5 Å². The van der Waals surface area contributed by atoms with Crippen molar-refractivity contribution in [2.24, 2.45) is 5.73 Å². The fraction of sp³-hybridized carbons (Fsp3) is 0.0625. The van der Waals surface area contributed by atoms with Crippen molar-refractivity contribution in [3.8, 4) is 11.1 Å². The van der Waals surface area contributed by atoms with Gasteiger partial charge >= 0.3 is 0 Å². The van der Waals surface area contributed by atoms with E-state index >= 15 is 0 Å². The number of amides is 1. The van der Waals surface area contributed by atoms with Gasteiger partial charge < -0.3 is 11.5 Å². The van der Waals surface area contributed by atoms with Crippen molar-refractivity contribution in [2.75, 3.05) is 5.73 Å². The van der Waals surface area contributed by atoms with Crippen molar-refractivity contribution in [1.82, 2.24) is 10.2 Å². The number of aryl methyl sites for hydroxylation is 1. The van der Waals surface area contributed by atoms with Gasteiger partial charge in [-0.25, -0.2) is 0 Å². The topological polar surface area (TPSA) is 94.9 Å². The lowest BCUT2D eigenvalue weighted by Crippen LogP contribution is -2.17. The molecule has 2 aromatic carbocycles. The number of carbonyl (C=O) groups is 1. The van der Waals surface area contributed by atoms with Gasteiger partial charge in [-0.1, -0.05) is 36.4 Å². The maximum absolute atomic E-state index is 11.4. The molecule has 0 aliphatic carbocycles. The number of hydrogen-bond acceptors (Lipinski definition) is 4. The predicted octanol–water partition coefficient (Wildman–Crippen LogP) is 2.29. The molecule has 0 saturated heterocycles. The van der Waals surface area contributed by atoms with Gasteiger partial charge in [-0.15, -0.1) is 10.2 Å². The molecule has 21 heavy (non-hydrogen) atoms. The Morgan fingerprint density at radius 3 is 2.43 bits per heavy atom. The first-order chi connectivity index (χ1) is 10.1. The number of primary amides is 1. The Hall–Kier alpha value is -2.95. The highest BCUT2D eigenvalue weighted by Gasteiger charge is 2.17. The molecule has 0 bridgehead atoms. The fourth-order valence-corrected chi connectivity index (χ4v) is 2.49. The number of benzene rings is 2. The normalized spacial score (nSPS) is 10.7. The van der Waals surface area contributed by atoms with Crippen LogP contribution >= 0.6 is 0 Å². The first kappa shape index (κ1) is 13.1. The third-order valence-electron chi connectivity index (χ3n) is 3.47. The van der Waals surface area contributed by atoms with E-state index in [1.165, 1.54) is 0 Å². The number of nitrogens with zero attached hydrogens (tertiary/aromatic N) is 2. The quantitative estimate of drug-likeness (QED) is 0.751. The van der Waals surface area contributed by atoms with Gasteiger partial charge in [-0.3, -0.25) is 4.79 Å². The lowest BCUT2D eigenvalue weighted by Gasteiger charge is -2.13. The number of aromatic nitrogens is 2. The molecule has 1 amide bonds. The highest BCUT2D eigenvalue weighted by Crippen LogP contribution is 2.35. The fourth-order valence-electron chi connectivity index (χ4n) is 2.49. The Bertz CT molecular complexity index is 844. The summed E-state index contributed by atoms with van der Waals surface area (Å²) in [6.45, 7) is 1.99. The van der Waals surface area contributed by atoms with Crippen LogP contribution in [0.1, 0.15) is 16.1 Å². The zero-order chi connectivity index (χ0) is 15.0. The van der Waals surface area contributed by atoms with Gasteiger partial charge in [0.2, 0.25) is 0 Å². The minimum Gasteiger partial charge on any atom is -0.396 e. The van der Waals surface area contributed by atoms with Crippen molar-refractivity contribution in [2.45, 2.75) is 6.92 Å². The van der Waals surface area contributed by atoms with E-state index in [4.69, 9.17) is 11.5 Å². The molecule has 0 spiro atoms. The first-order valence-electron chi connectivity index (χ1n) is 6.50. The predicted molar refractivity (Wildman–Crippen MR) is 82.6 cm³/mol. The molecule has 0 atom stereocenters. The average molecular weight is 278 g/mol. The van der Waals surface area contributed by atoms with Crippen molar-refractivity contribution in [3.05, 3.63) is 53.7 Å². The third-order valence-corrected chi connectivity index (χ3v) is 3.47. The molecule has 0 saturated carbocycles. The van der Waals surface area contributed by atoms with Crippen molar-refractivity contribution < 1.29 is 4.79 Å². The molecule has 1 heterocycles. The highest BCUT2D eigenvalue weighted by molar-refractivity contribution is 6.09. The van der Waals surface area contributed by atoms with Gasteiger partial charge in [0, 0.05) is 5.39 Å². The van der Waals surface area contributed by atoms with Crippen LogP contribution in [0.3, 0.4) is 0 Å². The van der Waals surface area contributed by atoms with Crippen LogP contribution in [-0.2, 0) is 0 Å². The number of fused-ring (bicyclic) bond motifs is 1. The summed E-state index contributed by atoms with van der Waals surface area (Å²) in [6, 6.07) is 13.6. The molecule has 3 aromatic rings. The van der Waals surface area contributed by atoms with Crippen LogP contribution in [0.15, 0.2) is 42.5 Å². The Balaban J connectivity index is 2.45. The molecule has 0 aliphatic heterocycles. The SMILES string of the molecule is Cc1ccc2nnc(C(N)=O)c(N)c2c1-c1ccccc1. The Labute approximate surface area is 121 Å². The lowest BCUT2D eigenvalue weighted by atomic mass is 9.95. The van der Waals surface area contributed by atoms with Crippen molar-refractivity contribution in [3.63, 3.8) is 0 Å². The standard InChI is InChI=1S/C16H14N4O/c1-9-7-8-11-13(12(9)10-5-3-2-4-6-10)14(17)15(16(18)21)20-19-11/h2-8H,1H3,(H2,17,19)(H2,18,21). The van der Waals surface area contributed by atoms with Crippen LogP contribution in [0.4, 0.5) is 5.69 Å². The Kier molecular flexibility index (Phi) is 3.02. The summed E-state index contributed by atoms with van der Waals surface area (Å²) in [5.74, 6) is -0.678. The molecular weight excluding hydrogens is 264 g/mol. The lowest BCUT2D eigenvalue weighted by molar-refractivity contribution is 0.0996. The number of anilines is 1. The number of nitrogen functional groups attached to an aromatic ring is 1. The van der Waals surface area contributed by atoms with E-state index in [-0.39, 0.29) is 11.4 Å². The second kappa shape index (κ2) is 4.86. The summed E-state index contributed by atoms with van der Waals surface area (Å²) >= 11 is 0. The number of carbonyl (C=O) groups excluding carboxylic acids is 1. The average Bonchev–Trinajstić information content (AvgIpc) is 2.48. The zero-order valence-electron chi connectivity index (χ0n) is 11.5. The molecule has 104 valence electrons. The molecular formula is C16H14N4O. The van der Waals surface area contributed by atoms with E-state index in [2.05, 4.69) is 10.2 Å². The molecule has 4 N–H and O–H groups in total. The van der Waals surface area contributed by atoms with Crippen molar-refractivity contribution >= 4 is 22.5 Å². The van der Waals surface area contributed by atoms with E-state index < -0.39 is 5.91 Å². The summed E-state index contributed by atoms with van der Waals surface area (Å²) < 4.78 is 0. The third kappa shape index (κ3) is 2.08. The van der Waals surface area contributed by atoms with Gasteiger partial charge in [0.05, 0.1) is 11.2 Å². The van der Waals surface area contributed by atoms with E-state index in [1.807, 2.05) is 49.4 Å². The van der Waals surface area contributed by atoms with Crippen molar-refractivity contribution in [1.29, 1.82) is 0 Å². The van der Waals surface area contributed by atoms with Gasteiger partial charge in [0.25, 0.3) is 5.91 Å². The van der Waals surface area contributed by atoms with Crippen LogP contribution in [0, 0.1) is 6.92 Å². The molecule has 5 nitrogen and oxygen atoms in total. The second-order valence-corrected chi connectivity index (χ2v) is 4.84. The molecule has 0 unspecified atom stereocenters. The molecule has 1 aromatic heterocycles. The summed E-state index contributed by atoms with van der Waals surface area (Å²) in [5, 5.41) is 8.59. The van der Waals surface area contributed by atoms with Gasteiger partial charge in [0.15, 0.2) is 5.69 Å². The first-order valence-corrected chi connectivity index (χ1v) is 6.50. The molecule has 0 fully saturated rings. The summed E-state index contributed by atoms with van der Waals surface area (Å²) in [7, 11) is 0.